The highest BCUT2D eigenvalue weighted by atomic mass is 35.5. The van der Waals surface area contributed by atoms with Gasteiger partial charge in [0.15, 0.2) is 0 Å². The summed E-state index contributed by atoms with van der Waals surface area (Å²) in [5.74, 6) is 1.07. The van der Waals surface area contributed by atoms with Crippen LogP contribution in [-0.2, 0) is 15.9 Å². The lowest BCUT2D eigenvalue weighted by atomic mass is 9.94. The molecule has 0 spiro atoms. The van der Waals surface area contributed by atoms with E-state index in [4.69, 9.17) is 21.1 Å². The van der Waals surface area contributed by atoms with E-state index in [0.29, 0.717) is 29.4 Å². The van der Waals surface area contributed by atoms with Crippen LogP contribution in [0.5, 0.6) is 0 Å². The van der Waals surface area contributed by atoms with Crippen LogP contribution < -0.4 is 5.32 Å². The normalized spacial score (nSPS) is 15.9. The van der Waals surface area contributed by atoms with Crippen molar-refractivity contribution in [3.63, 3.8) is 0 Å². The monoisotopic (exact) mass is 659 g/mol. The minimum Gasteiger partial charge on any atom is -0.444 e. The molecule has 1 fully saturated rings. The third-order valence-corrected chi connectivity index (χ3v) is 8.54. The molecule has 2 N–H and O–H groups in total. The second-order valence-electron chi connectivity index (χ2n) is 13.1. The number of carbonyl (C=O) groups is 1. The van der Waals surface area contributed by atoms with Gasteiger partial charge in [-0.05, 0) is 86.1 Å². The number of hydrogen-bond acceptors (Lipinski definition) is 7. The van der Waals surface area contributed by atoms with E-state index in [2.05, 4.69) is 40.6 Å². The second kappa shape index (κ2) is 16.6. The molecule has 0 bridgehead atoms. The number of rotatable bonds is 9. The van der Waals surface area contributed by atoms with Crippen LogP contribution in [0.3, 0.4) is 0 Å². The van der Waals surface area contributed by atoms with Gasteiger partial charge in [-0.1, -0.05) is 30.3 Å². The molecule has 1 amide bonds. The molecule has 9 nitrogen and oxygen atoms in total. The average molecular weight is 660 g/mol. The van der Waals surface area contributed by atoms with Crippen molar-refractivity contribution >= 4 is 45.7 Å². The minimum absolute atomic E-state index is 0.200. The Hall–Kier alpha value is -2.89. The lowest BCUT2D eigenvalue weighted by molar-refractivity contribution is 0.0229. The van der Waals surface area contributed by atoms with Crippen molar-refractivity contribution in [2.75, 3.05) is 71.1 Å². The number of nitrogens with zero attached hydrogens (tertiary/aromatic N) is 4. The van der Waals surface area contributed by atoms with Gasteiger partial charge in [-0.25, -0.2) is 19.8 Å². The molecule has 0 radical (unpaired) electrons. The predicted molar refractivity (Wildman–Crippen MR) is 189 cm³/mol. The van der Waals surface area contributed by atoms with Crippen LogP contribution in [0.2, 0.25) is 5.02 Å². The number of hydrogen-bond donors (Lipinski definition) is 2. The number of piperazine rings is 1. The topological polar surface area (TPSA) is 99.5 Å². The maximum atomic E-state index is 11.5. The molecule has 1 unspecified atom stereocenters. The highest BCUT2D eigenvalue weighted by Crippen LogP contribution is 2.35. The van der Waals surface area contributed by atoms with Crippen LogP contribution in [0.1, 0.15) is 43.2 Å². The lowest BCUT2D eigenvalue weighted by Crippen LogP contribution is -2.48. The zero-order valence-corrected chi connectivity index (χ0v) is 29.4. The van der Waals surface area contributed by atoms with Crippen molar-refractivity contribution in [2.24, 2.45) is 4.99 Å². The standard InChI is InChI=1S/C25H32ClN3O2S.C9H18N2O2/c1-18(28-16-29(2)17-31-11-12-32(3,4)5)25(30)23-13-20-7-6-10-27-24(20)14-19-8-9-21(26)15-22(19)23;1-9(2,3)13-8(12)11-6-4-10-5-7-11/h6-10,13,15-16,25,30H,1,11-12,14,17H2,2-5H3;10H,4-7H2,1-3H3. The first-order valence-corrected chi connectivity index (χ1v) is 18.5. The summed E-state index contributed by atoms with van der Waals surface area (Å²) in [6.45, 7) is 14.0. The minimum atomic E-state index is -0.978. The second-order valence-corrected chi connectivity index (χ2v) is 18.1. The Morgan fingerprint density at radius 1 is 1.27 bits per heavy atom. The number of aromatic nitrogens is 1. The van der Waals surface area contributed by atoms with E-state index in [0.717, 1.165) is 60.9 Å². The number of nitrogens with one attached hydrogen (secondary N) is 1. The first-order chi connectivity index (χ1) is 21.1. The fourth-order valence-corrected chi connectivity index (χ4v) is 5.29. The molecule has 1 aromatic carbocycles. The van der Waals surface area contributed by atoms with Gasteiger partial charge in [-0.2, -0.15) is 0 Å². The number of aliphatic imine (C=N–C) groups is 1. The van der Waals surface area contributed by atoms with Crippen molar-refractivity contribution in [1.29, 1.82) is 0 Å². The summed E-state index contributed by atoms with van der Waals surface area (Å²) in [5.41, 5.74) is 4.55. The van der Waals surface area contributed by atoms with E-state index in [1.807, 2.05) is 69.1 Å². The van der Waals surface area contributed by atoms with Crippen molar-refractivity contribution < 1.29 is 19.4 Å². The highest BCUT2D eigenvalue weighted by Gasteiger charge is 2.24. The Balaban J connectivity index is 0.000000355. The van der Waals surface area contributed by atoms with E-state index < -0.39 is 16.1 Å². The van der Waals surface area contributed by atoms with Crippen LogP contribution in [0.25, 0.3) is 11.6 Å². The summed E-state index contributed by atoms with van der Waals surface area (Å²) in [5, 5.41) is 15.0. The summed E-state index contributed by atoms with van der Waals surface area (Å²) in [7, 11) is 1.32. The average Bonchev–Trinajstić information content (AvgIpc) is 3.14. The quantitative estimate of drug-likeness (QED) is 0.159. The van der Waals surface area contributed by atoms with Crippen molar-refractivity contribution in [1.82, 2.24) is 20.1 Å². The first kappa shape index (κ1) is 36.6. The zero-order chi connectivity index (χ0) is 33.2. The lowest BCUT2D eigenvalue weighted by Gasteiger charge is -2.30. The number of fused-ring (bicyclic) bond motifs is 2. The van der Waals surface area contributed by atoms with Gasteiger partial charge in [-0.15, -0.1) is 0 Å². The van der Waals surface area contributed by atoms with Crippen LogP contribution in [0.4, 0.5) is 4.79 Å². The summed E-state index contributed by atoms with van der Waals surface area (Å²) in [6.07, 6.45) is 11.7. The largest absolute Gasteiger partial charge is 0.444 e. The summed E-state index contributed by atoms with van der Waals surface area (Å²) in [4.78, 5) is 24.0. The molecule has 1 saturated heterocycles. The number of ether oxygens (including phenoxy) is 2. The Morgan fingerprint density at radius 2 is 1.98 bits per heavy atom. The highest BCUT2D eigenvalue weighted by molar-refractivity contribution is 8.32. The summed E-state index contributed by atoms with van der Waals surface area (Å²) in [6, 6.07) is 9.62. The molecule has 1 aromatic heterocycles. The van der Waals surface area contributed by atoms with E-state index in [9.17, 15) is 9.90 Å². The number of benzene rings is 1. The van der Waals surface area contributed by atoms with Gasteiger partial charge in [0.05, 0.1) is 24.3 Å². The molecular weight excluding hydrogens is 610 g/mol. The van der Waals surface area contributed by atoms with Gasteiger partial charge < -0.3 is 29.7 Å². The van der Waals surface area contributed by atoms with E-state index in [-0.39, 0.29) is 11.7 Å². The maximum absolute atomic E-state index is 11.5. The molecule has 45 heavy (non-hydrogen) atoms. The molecule has 4 rings (SSSR count). The van der Waals surface area contributed by atoms with Gasteiger partial charge in [0.2, 0.25) is 0 Å². The first-order valence-electron chi connectivity index (χ1n) is 15.1. The Morgan fingerprint density at radius 3 is 2.64 bits per heavy atom. The third-order valence-electron chi connectivity index (χ3n) is 6.91. The number of amides is 1. The fraction of sp³-hybridized carbons (Fsp3) is 0.500. The predicted octanol–water partition coefficient (Wildman–Crippen LogP) is 5.51. The summed E-state index contributed by atoms with van der Waals surface area (Å²) >= 11 is 6.29. The molecule has 0 saturated carbocycles. The molecule has 1 atom stereocenters. The Kier molecular flexibility index (Phi) is 13.5. The van der Waals surface area contributed by atoms with Crippen molar-refractivity contribution in [2.45, 2.75) is 38.9 Å². The van der Waals surface area contributed by atoms with Gasteiger partial charge in [0.25, 0.3) is 0 Å². The number of aliphatic hydroxyl groups is 1. The number of aliphatic hydroxyl groups excluding tert-OH is 1. The third kappa shape index (κ3) is 12.4. The van der Waals surface area contributed by atoms with Gasteiger partial charge in [0.1, 0.15) is 18.4 Å². The van der Waals surface area contributed by atoms with Crippen LogP contribution in [0, 0.1) is 0 Å². The smallest absolute Gasteiger partial charge is 0.410 e. The molecule has 2 aliphatic rings. The van der Waals surface area contributed by atoms with Gasteiger partial charge >= 0.3 is 6.09 Å². The van der Waals surface area contributed by atoms with E-state index >= 15 is 0 Å². The van der Waals surface area contributed by atoms with E-state index in [1.54, 1.807) is 17.4 Å². The maximum Gasteiger partial charge on any atom is 0.410 e. The van der Waals surface area contributed by atoms with Crippen LogP contribution in [0.15, 0.2) is 53.8 Å². The molecule has 11 heteroatoms. The SMILES string of the molecule is C=C(N=CN(C)COCCS(C)(C)C)C(O)C1=Cc2cccnc2Cc2ccc(Cl)cc21.CC(C)(C)OC(=O)N1CCNCC1. The van der Waals surface area contributed by atoms with Gasteiger partial charge in [-0.3, -0.25) is 4.98 Å². The Labute approximate surface area is 275 Å². The van der Waals surface area contributed by atoms with Crippen LogP contribution >= 0.6 is 21.6 Å². The number of carbonyl (C=O) groups excluding carboxylic acids is 1. The summed E-state index contributed by atoms with van der Waals surface area (Å²) < 4.78 is 11.0. The Bertz CT molecular complexity index is 1360. The molecule has 1 aliphatic carbocycles. The van der Waals surface area contributed by atoms with Crippen molar-refractivity contribution in [3.05, 3.63) is 76.2 Å². The number of pyridine rings is 1. The van der Waals surface area contributed by atoms with Crippen molar-refractivity contribution in [3.8, 4) is 0 Å². The number of halogens is 1. The molecule has 2 heterocycles. The molecule has 2 aromatic rings. The fourth-order valence-electron chi connectivity index (χ4n) is 4.50. The zero-order valence-electron chi connectivity index (χ0n) is 27.8. The molecular formula is C34H50ClN5O4S. The molecule has 1 aliphatic heterocycles. The van der Waals surface area contributed by atoms with Gasteiger partial charge in [0, 0.05) is 56.6 Å². The van der Waals surface area contributed by atoms with E-state index in [1.165, 1.54) is 0 Å². The van der Waals surface area contributed by atoms with Crippen LogP contribution in [-0.4, -0.2) is 115 Å². The molecule has 248 valence electrons.